The highest BCUT2D eigenvalue weighted by Gasteiger charge is 2.09. The van der Waals surface area contributed by atoms with Crippen molar-refractivity contribution in [1.82, 2.24) is 20.1 Å². The molecule has 0 saturated heterocycles. The maximum absolute atomic E-state index is 11.8. The highest BCUT2D eigenvalue weighted by molar-refractivity contribution is 6.30. The largest absolute Gasteiger partial charge is 0.350 e. The molecule has 0 bridgehead atoms. The van der Waals surface area contributed by atoms with Gasteiger partial charge in [-0.25, -0.2) is 4.98 Å². The summed E-state index contributed by atoms with van der Waals surface area (Å²) in [4.78, 5) is 15.6. The minimum absolute atomic E-state index is 0.0250. The number of aryl methyl sites for hydroxylation is 1. The summed E-state index contributed by atoms with van der Waals surface area (Å²) < 4.78 is 1.63. The highest BCUT2D eigenvalue weighted by atomic mass is 35.5. The van der Waals surface area contributed by atoms with Crippen molar-refractivity contribution in [3.8, 4) is 0 Å². The van der Waals surface area contributed by atoms with Gasteiger partial charge in [0.25, 0.3) is 0 Å². The van der Waals surface area contributed by atoms with Gasteiger partial charge in [-0.1, -0.05) is 23.7 Å². The average Bonchev–Trinajstić information content (AvgIpc) is 2.89. The number of rotatable bonds is 5. The van der Waals surface area contributed by atoms with E-state index >= 15 is 0 Å². The van der Waals surface area contributed by atoms with Crippen LogP contribution in [0.3, 0.4) is 0 Å². The number of amides is 1. The van der Waals surface area contributed by atoms with Crippen molar-refractivity contribution in [3.63, 3.8) is 0 Å². The van der Waals surface area contributed by atoms with E-state index in [9.17, 15) is 4.79 Å². The zero-order chi connectivity index (χ0) is 13.7. The Balaban J connectivity index is 1.84. The van der Waals surface area contributed by atoms with Crippen LogP contribution >= 0.6 is 11.6 Å². The van der Waals surface area contributed by atoms with Gasteiger partial charge in [-0.3, -0.25) is 9.48 Å². The van der Waals surface area contributed by atoms with Crippen LogP contribution in [0.1, 0.15) is 24.9 Å². The van der Waals surface area contributed by atoms with E-state index < -0.39 is 0 Å². The summed E-state index contributed by atoms with van der Waals surface area (Å²) >= 11 is 5.92. The van der Waals surface area contributed by atoms with Gasteiger partial charge >= 0.3 is 0 Å². The van der Waals surface area contributed by atoms with Crippen LogP contribution in [0.15, 0.2) is 36.9 Å². The predicted octanol–water partition coefficient (Wildman–Crippen LogP) is 2.20. The Morgan fingerprint density at radius 3 is 3.05 bits per heavy atom. The summed E-state index contributed by atoms with van der Waals surface area (Å²) in [6.07, 6.45) is 3.41. The van der Waals surface area contributed by atoms with Crippen molar-refractivity contribution in [3.05, 3.63) is 47.5 Å². The van der Waals surface area contributed by atoms with E-state index in [-0.39, 0.29) is 11.9 Å². The molecule has 0 spiro atoms. The molecule has 2 aromatic rings. The van der Waals surface area contributed by atoms with E-state index in [1.807, 2.05) is 31.2 Å². The molecule has 19 heavy (non-hydrogen) atoms. The quantitative estimate of drug-likeness (QED) is 0.912. The first-order chi connectivity index (χ1) is 9.15. The molecule has 1 N–H and O–H groups in total. The maximum Gasteiger partial charge on any atom is 0.222 e. The van der Waals surface area contributed by atoms with Crippen LogP contribution in [0.25, 0.3) is 0 Å². The van der Waals surface area contributed by atoms with Gasteiger partial charge in [0.1, 0.15) is 12.7 Å². The lowest BCUT2D eigenvalue weighted by Crippen LogP contribution is -2.27. The van der Waals surface area contributed by atoms with E-state index in [0.29, 0.717) is 18.0 Å². The van der Waals surface area contributed by atoms with Crippen molar-refractivity contribution in [2.45, 2.75) is 25.9 Å². The van der Waals surface area contributed by atoms with Crippen LogP contribution in [0.2, 0.25) is 5.02 Å². The van der Waals surface area contributed by atoms with Gasteiger partial charge in [0.05, 0.1) is 12.6 Å². The van der Waals surface area contributed by atoms with Gasteiger partial charge in [-0.15, -0.1) is 0 Å². The molecule has 0 unspecified atom stereocenters. The number of carbonyl (C=O) groups excluding carboxylic acids is 1. The Morgan fingerprint density at radius 2 is 2.37 bits per heavy atom. The summed E-state index contributed by atoms with van der Waals surface area (Å²) in [6.45, 7) is 2.45. The molecule has 0 fully saturated rings. The highest BCUT2D eigenvalue weighted by Crippen LogP contribution is 2.17. The topological polar surface area (TPSA) is 59.8 Å². The number of nitrogens with zero attached hydrogens (tertiary/aromatic N) is 3. The normalized spacial score (nSPS) is 12.1. The summed E-state index contributed by atoms with van der Waals surface area (Å²) in [5, 5.41) is 7.54. The molecule has 100 valence electrons. The zero-order valence-electron chi connectivity index (χ0n) is 10.6. The Hall–Kier alpha value is -1.88. The third-order valence-corrected chi connectivity index (χ3v) is 3.00. The fourth-order valence-corrected chi connectivity index (χ4v) is 1.94. The molecule has 0 aliphatic heterocycles. The third kappa shape index (κ3) is 4.06. The number of carbonyl (C=O) groups is 1. The Kier molecular flexibility index (Phi) is 4.52. The van der Waals surface area contributed by atoms with Crippen LogP contribution in [-0.4, -0.2) is 20.7 Å². The lowest BCUT2D eigenvalue weighted by Gasteiger charge is -2.14. The number of aromatic nitrogens is 3. The molecule has 5 nitrogen and oxygen atoms in total. The number of hydrogen-bond donors (Lipinski definition) is 1. The minimum Gasteiger partial charge on any atom is -0.350 e. The van der Waals surface area contributed by atoms with Gasteiger partial charge in [-0.2, -0.15) is 5.10 Å². The van der Waals surface area contributed by atoms with Gasteiger partial charge in [0.15, 0.2) is 0 Å². The molecule has 6 heteroatoms. The van der Waals surface area contributed by atoms with Gasteiger partial charge in [0, 0.05) is 11.4 Å². The average molecular weight is 279 g/mol. The Morgan fingerprint density at radius 1 is 1.53 bits per heavy atom. The van der Waals surface area contributed by atoms with Gasteiger partial charge in [-0.05, 0) is 24.6 Å². The van der Waals surface area contributed by atoms with Crippen molar-refractivity contribution in [1.29, 1.82) is 0 Å². The van der Waals surface area contributed by atoms with Gasteiger partial charge < -0.3 is 5.32 Å². The molecular formula is C13H15ClN4O. The second kappa shape index (κ2) is 6.33. The molecule has 0 radical (unpaired) electrons. The lowest BCUT2D eigenvalue weighted by atomic mass is 10.1. The van der Waals surface area contributed by atoms with Crippen molar-refractivity contribution < 1.29 is 4.79 Å². The Bertz CT molecular complexity index is 541. The number of nitrogens with one attached hydrogen (secondary N) is 1. The summed E-state index contributed by atoms with van der Waals surface area (Å²) in [5.41, 5.74) is 0.988. The fraction of sp³-hybridized carbons (Fsp3) is 0.308. The first-order valence-electron chi connectivity index (χ1n) is 6.02. The smallest absolute Gasteiger partial charge is 0.222 e. The van der Waals surface area contributed by atoms with Crippen LogP contribution < -0.4 is 5.32 Å². The second-order valence-corrected chi connectivity index (χ2v) is 4.69. The third-order valence-electron chi connectivity index (χ3n) is 2.76. The number of halogens is 1. The molecule has 0 aliphatic rings. The lowest BCUT2D eigenvalue weighted by molar-refractivity contribution is -0.122. The molecular weight excluding hydrogens is 264 g/mol. The molecule has 0 saturated carbocycles. The van der Waals surface area contributed by atoms with E-state index in [4.69, 9.17) is 11.6 Å². The fourth-order valence-electron chi connectivity index (χ4n) is 1.74. The SMILES string of the molecule is C[C@H](NC(=O)CCn1cncn1)c1cccc(Cl)c1. The van der Waals surface area contributed by atoms with Crippen LogP contribution in [0, 0.1) is 0 Å². The van der Waals surface area contributed by atoms with E-state index in [2.05, 4.69) is 15.4 Å². The van der Waals surface area contributed by atoms with E-state index in [0.717, 1.165) is 5.56 Å². The molecule has 1 aromatic heterocycles. The second-order valence-electron chi connectivity index (χ2n) is 4.25. The van der Waals surface area contributed by atoms with Crippen molar-refractivity contribution in [2.24, 2.45) is 0 Å². The monoisotopic (exact) mass is 278 g/mol. The molecule has 1 atom stereocenters. The summed E-state index contributed by atoms with van der Waals surface area (Å²) in [6, 6.07) is 7.40. The molecule has 1 heterocycles. The van der Waals surface area contributed by atoms with Crippen LogP contribution in [0.5, 0.6) is 0 Å². The van der Waals surface area contributed by atoms with Crippen molar-refractivity contribution in [2.75, 3.05) is 0 Å². The van der Waals surface area contributed by atoms with E-state index in [1.165, 1.54) is 6.33 Å². The minimum atomic E-state index is -0.0676. The standard InChI is InChI=1S/C13H15ClN4O/c1-10(11-3-2-4-12(14)7-11)17-13(19)5-6-18-9-15-8-16-18/h2-4,7-10H,5-6H2,1H3,(H,17,19)/t10-/m0/s1. The summed E-state index contributed by atoms with van der Waals surface area (Å²) in [5.74, 6) is -0.0250. The summed E-state index contributed by atoms with van der Waals surface area (Å²) in [7, 11) is 0. The number of hydrogen-bond acceptors (Lipinski definition) is 3. The first kappa shape index (κ1) is 13.5. The van der Waals surface area contributed by atoms with Gasteiger partial charge in [0.2, 0.25) is 5.91 Å². The molecule has 1 amide bonds. The van der Waals surface area contributed by atoms with Crippen LogP contribution in [0.4, 0.5) is 0 Å². The van der Waals surface area contributed by atoms with E-state index in [1.54, 1.807) is 11.0 Å². The number of benzene rings is 1. The first-order valence-corrected chi connectivity index (χ1v) is 6.40. The van der Waals surface area contributed by atoms with Crippen molar-refractivity contribution >= 4 is 17.5 Å². The maximum atomic E-state index is 11.8. The Labute approximate surface area is 116 Å². The molecule has 1 aromatic carbocycles. The zero-order valence-corrected chi connectivity index (χ0v) is 11.3. The predicted molar refractivity (Wildman–Crippen MR) is 72.6 cm³/mol. The molecule has 0 aliphatic carbocycles. The molecule has 2 rings (SSSR count). The van der Waals surface area contributed by atoms with Crippen LogP contribution in [-0.2, 0) is 11.3 Å².